The van der Waals surface area contributed by atoms with Crippen LogP contribution >= 0.6 is 11.3 Å². The third-order valence-electron chi connectivity index (χ3n) is 7.69. The minimum atomic E-state index is -4.76. The van der Waals surface area contributed by atoms with E-state index in [1.54, 1.807) is 26.8 Å². The Kier molecular flexibility index (Phi) is 6.52. The Bertz CT molecular complexity index is 1520. The molecule has 0 aliphatic carbocycles. The van der Waals surface area contributed by atoms with Gasteiger partial charge in [0.1, 0.15) is 11.9 Å². The van der Waals surface area contributed by atoms with Crippen molar-refractivity contribution in [2.75, 3.05) is 13.1 Å². The Morgan fingerprint density at radius 3 is 2.54 bits per heavy atom. The van der Waals surface area contributed by atoms with E-state index in [1.165, 1.54) is 40.3 Å². The smallest absolute Gasteiger partial charge is 0.336 e. The van der Waals surface area contributed by atoms with Crippen molar-refractivity contribution < 1.29 is 31.9 Å². The summed E-state index contributed by atoms with van der Waals surface area (Å²) in [6.45, 7) is 6.56. The zero-order chi connectivity index (χ0) is 28.4. The number of imide groups is 1. The van der Waals surface area contributed by atoms with Gasteiger partial charge in [-0.05, 0) is 37.1 Å². The van der Waals surface area contributed by atoms with E-state index in [4.69, 9.17) is 0 Å². The summed E-state index contributed by atoms with van der Waals surface area (Å²) in [6, 6.07) is 3.99. The largest absolute Gasteiger partial charge is 0.433 e. The number of aromatic nitrogens is 2. The molecule has 0 radical (unpaired) electrons. The van der Waals surface area contributed by atoms with Gasteiger partial charge in [-0.2, -0.15) is 13.2 Å². The van der Waals surface area contributed by atoms with Gasteiger partial charge >= 0.3 is 6.18 Å². The molecule has 2 unspecified atom stereocenters. The standard InChI is InChI=1S/C27H26F4N4O3S/c1-13-9-19(27(29,30)31)33-21(20(13)24(37)34-8-6-15(28)11-34)17-5-7-32-18-10-16(39-22(17)18)12-35-23(36)14(2)26(3,4)25(35)38/h5,7,9-10,14-15H,6,8,11-12H2,1-4H3. The zero-order valence-corrected chi connectivity index (χ0v) is 22.5. The van der Waals surface area contributed by atoms with Crippen LogP contribution in [-0.2, 0) is 22.3 Å². The molecule has 0 saturated carbocycles. The van der Waals surface area contributed by atoms with Crippen LogP contribution in [0.5, 0.6) is 0 Å². The lowest BCUT2D eigenvalue weighted by molar-refractivity contribution is -0.142. The summed E-state index contributed by atoms with van der Waals surface area (Å²) in [7, 11) is 0. The van der Waals surface area contributed by atoms with Crippen molar-refractivity contribution in [2.45, 2.75) is 53.0 Å². The van der Waals surface area contributed by atoms with E-state index in [9.17, 15) is 31.9 Å². The van der Waals surface area contributed by atoms with Crippen molar-refractivity contribution in [1.82, 2.24) is 19.8 Å². The lowest BCUT2D eigenvalue weighted by atomic mass is 9.82. The number of carbonyl (C=O) groups is 3. The maximum Gasteiger partial charge on any atom is 0.433 e. The highest BCUT2D eigenvalue weighted by atomic mass is 32.1. The summed E-state index contributed by atoms with van der Waals surface area (Å²) >= 11 is 1.17. The molecule has 12 heteroatoms. The monoisotopic (exact) mass is 562 g/mol. The Labute approximate surface area is 225 Å². The number of hydrogen-bond donors (Lipinski definition) is 0. The van der Waals surface area contributed by atoms with Gasteiger partial charge in [0.2, 0.25) is 11.8 Å². The fourth-order valence-corrected chi connectivity index (χ4v) is 6.19. The van der Waals surface area contributed by atoms with Gasteiger partial charge in [-0.15, -0.1) is 11.3 Å². The molecule has 206 valence electrons. The normalized spacial score (nSPS) is 21.4. The van der Waals surface area contributed by atoms with Crippen LogP contribution in [0.4, 0.5) is 17.6 Å². The molecule has 5 rings (SSSR count). The number of rotatable bonds is 4. The molecule has 3 amide bonds. The van der Waals surface area contributed by atoms with Gasteiger partial charge in [0.05, 0.1) is 40.0 Å². The van der Waals surface area contributed by atoms with E-state index in [0.717, 1.165) is 6.07 Å². The van der Waals surface area contributed by atoms with Crippen LogP contribution in [0.1, 0.15) is 53.7 Å². The third kappa shape index (κ3) is 4.58. The molecule has 2 aliphatic heterocycles. The molecular formula is C27H26F4N4O3S. The van der Waals surface area contributed by atoms with Gasteiger partial charge in [0, 0.05) is 29.1 Å². The second kappa shape index (κ2) is 9.35. The minimum absolute atomic E-state index is 0.00158. The topological polar surface area (TPSA) is 83.5 Å². The number of amides is 3. The Morgan fingerprint density at radius 2 is 1.95 bits per heavy atom. The van der Waals surface area contributed by atoms with Crippen LogP contribution < -0.4 is 0 Å². The van der Waals surface area contributed by atoms with Crippen LogP contribution in [0.3, 0.4) is 0 Å². The first-order valence-corrected chi connectivity index (χ1v) is 13.3. The van der Waals surface area contributed by atoms with Crippen molar-refractivity contribution in [2.24, 2.45) is 11.3 Å². The number of fused-ring (bicyclic) bond motifs is 1. The molecule has 0 N–H and O–H groups in total. The average molecular weight is 563 g/mol. The van der Waals surface area contributed by atoms with Gasteiger partial charge in [-0.25, -0.2) is 9.37 Å². The quantitative estimate of drug-likeness (QED) is 0.314. The number of likely N-dealkylation sites (tertiary alicyclic amines) is 2. The van der Waals surface area contributed by atoms with Gasteiger partial charge in [-0.3, -0.25) is 24.3 Å². The fraction of sp³-hybridized carbons (Fsp3) is 0.444. The summed E-state index contributed by atoms with van der Waals surface area (Å²) in [5.41, 5.74) is -1.43. The number of hydrogen-bond acceptors (Lipinski definition) is 6. The van der Waals surface area contributed by atoms with E-state index in [-0.39, 0.29) is 60.3 Å². The molecule has 2 aliphatic rings. The maximum absolute atomic E-state index is 13.9. The molecule has 2 saturated heterocycles. The Hall–Kier alpha value is -3.41. The second-order valence-electron chi connectivity index (χ2n) is 10.6. The molecule has 39 heavy (non-hydrogen) atoms. The highest BCUT2D eigenvalue weighted by Gasteiger charge is 2.51. The number of halogens is 4. The number of aryl methyl sites for hydroxylation is 1. The van der Waals surface area contributed by atoms with E-state index in [0.29, 0.717) is 15.1 Å². The first kappa shape index (κ1) is 27.2. The minimum Gasteiger partial charge on any atom is -0.336 e. The summed E-state index contributed by atoms with van der Waals surface area (Å²) < 4.78 is 55.7. The van der Waals surface area contributed by atoms with Crippen molar-refractivity contribution >= 4 is 39.3 Å². The first-order chi connectivity index (χ1) is 18.2. The maximum atomic E-state index is 13.9. The van der Waals surface area contributed by atoms with Gasteiger partial charge in [0.25, 0.3) is 5.91 Å². The number of nitrogens with zero attached hydrogens (tertiary/aromatic N) is 4. The van der Waals surface area contributed by atoms with Crippen LogP contribution in [0.2, 0.25) is 0 Å². The summed E-state index contributed by atoms with van der Waals surface area (Å²) in [5.74, 6) is -1.68. The third-order valence-corrected chi connectivity index (χ3v) is 8.83. The number of thiophene rings is 1. The van der Waals surface area contributed by atoms with Crippen molar-refractivity contribution in [3.8, 4) is 11.3 Å². The molecule has 0 bridgehead atoms. The average Bonchev–Trinajstić information content (AvgIpc) is 3.52. The van der Waals surface area contributed by atoms with Crippen molar-refractivity contribution in [3.63, 3.8) is 0 Å². The van der Waals surface area contributed by atoms with Gasteiger partial charge in [0.15, 0.2) is 0 Å². The highest BCUT2D eigenvalue weighted by Crippen LogP contribution is 2.41. The molecule has 2 fully saturated rings. The predicted molar refractivity (Wildman–Crippen MR) is 137 cm³/mol. The molecule has 5 heterocycles. The SMILES string of the molecule is Cc1cc(C(F)(F)F)nc(-c2ccnc3cc(CN4C(=O)C(C)C(C)(C)C4=O)sc23)c1C(=O)N1CCC(F)C1. The van der Waals surface area contributed by atoms with Crippen LogP contribution in [0.25, 0.3) is 21.5 Å². The molecule has 2 atom stereocenters. The molecule has 0 aromatic carbocycles. The van der Waals surface area contributed by atoms with Crippen LogP contribution in [0, 0.1) is 18.3 Å². The van der Waals surface area contributed by atoms with Gasteiger partial charge < -0.3 is 4.90 Å². The fourth-order valence-electron chi connectivity index (χ4n) is 5.08. The second-order valence-corrected chi connectivity index (χ2v) is 11.8. The Balaban J connectivity index is 1.62. The Morgan fingerprint density at radius 1 is 1.23 bits per heavy atom. The predicted octanol–water partition coefficient (Wildman–Crippen LogP) is 5.40. The lowest BCUT2D eigenvalue weighted by Crippen LogP contribution is -2.32. The van der Waals surface area contributed by atoms with Crippen molar-refractivity contribution in [1.29, 1.82) is 0 Å². The highest BCUT2D eigenvalue weighted by molar-refractivity contribution is 7.19. The molecule has 3 aromatic rings. The molecule has 0 spiro atoms. The van der Waals surface area contributed by atoms with Crippen LogP contribution in [-0.4, -0.2) is 56.8 Å². The van der Waals surface area contributed by atoms with Crippen LogP contribution in [0.15, 0.2) is 24.4 Å². The van der Waals surface area contributed by atoms with E-state index in [1.807, 2.05) is 0 Å². The number of pyridine rings is 2. The molecule has 3 aromatic heterocycles. The van der Waals surface area contributed by atoms with Gasteiger partial charge in [-0.1, -0.05) is 20.8 Å². The zero-order valence-electron chi connectivity index (χ0n) is 21.7. The first-order valence-electron chi connectivity index (χ1n) is 12.5. The summed E-state index contributed by atoms with van der Waals surface area (Å²) in [5, 5.41) is 0. The molecular weight excluding hydrogens is 536 g/mol. The van der Waals surface area contributed by atoms with E-state index >= 15 is 0 Å². The summed E-state index contributed by atoms with van der Waals surface area (Å²) in [4.78, 5) is 50.4. The van der Waals surface area contributed by atoms with E-state index in [2.05, 4.69) is 9.97 Å². The van der Waals surface area contributed by atoms with E-state index < -0.39 is 35.3 Å². The number of carbonyl (C=O) groups excluding carboxylic acids is 3. The molecule has 7 nitrogen and oxygen atoms in total. The van der Waals surface area contributed by atoms with Crippen molar-refractivity contribution in [3.05, 3.63) is 46.1 Å². The summed E-state index contributed by atoms with van der Waals surface area (Å²) in [6.07, 6.45) is -4.39. The number of alkyl halides is 4. The lowest BCUT2D eigenvalue weighted by Gasteiger charge is -2.20.